The molecule has 1 aliphatic heterocycles. The molecule has 0 saturated carbocycles. The van der Waals surface area contributed by atoms with Gasteiger partial charge in [-0.25, -0.2) is 18.9 Å². The average molecular weight is 558 g/mol. The van der Waals surface area contributed by atoms with Crippen molar-refractivity contribution >= 4 is 29.9 Å². The van der Waals surface area contributed by atoms with Gasteiger partial charge in [0.05, 0.1) is 5.70 Å². The minimum atomic E-state index is -0.864. The highest BCUT2D eigenvalue weighted by atomic mass is 19.1. The van der Waals surface area contributed by atoms with E-state index >= 15 is 0 Å². The second-order valence-corrected chi connectivity index (χ2v) is 11.8. The Morgan fingerprint density at radius 1 is 0.829 bits per heavy atom. The monoisotopic (exact) mass is 557 g/mol. The molecule has 41 heavy (non-hydrogen) atoms. The van der Waals surface area contributed by atoms with Gasteiger partial charge in [-0.15, -0.1) is 4.99 Å². The van der Waals surface area contributed by atoms with Gasteiger partial charge >= 0.3 is 12.2 Å². The van der Waals surface area contributed by atoms with Crippen LogP contribution in [0.3, 0.4) is 0 Å². The highest BCUT2D eigenvalue weighted by Crippen LogP contribution is 2.43. The quantitative estimate of drug-likeness (QED) is 0.324. The van der Waals surface area contributed by atoms with Crippen molar-refractivity contribution < 1.29 is 23.5 Å². The summed E-state index contributed by atoms with van der Waals surface area (Å²) in [5.74, 6) is -0.386. The maximum Gasteiger partial charge on any atom is 0.437 e. The van der Waals surface area contributed by atoms with Gasteiger partial charge in [0.2, 0.25) is 5.96 Å². The first-order valence-electron chi connectivity index (χ1n) is 13.4. The standard InChI is InChI=1S/C33H36FN3O4/c1-22-13-19-26(20-14-22)36-28(24-15-17-25(34)18-16-24)27(21-23-11-9-8-10-12-23)37(31(39)41-33(5,6)7)29(36)35-30(38)40-32(2,3)4/h8-21,28H,1-7H3/b27-21-,35-29?. The van der Waals surface area contributed by atoms with Crippen molar-refractivity contribution in [3.8, 4) is 0 Å². The molecule has 0 aliphatic carbocycles. The summed E-state index contributed by atoms with van der Waals surface area (Å²) in [5.41, 5.74) is 2.00. The zero-order chi connectivity index (χ0) is 29.9. The van der Waals surface area contributed by atoms with Gasteiger partial charge in [0.25, 0.3) is 0 Å². The molecule has 4 rings (SSSR count). The van der Waals surface area contributed by atoms with E-state index in [-0.39, 0.29) is 5.96 Å². The average Bonchev–Trinajstić information content (AvgIpc) is 3.16. The van der Waals surface area contributed by atoms with Crippen LogP contribution in [0.4, 0.5) is 19.7 Å². The summed E-state index contributed by atoms with van der Waals surface area (Å²) in [6, 6.07) is 22.5. The lowest BCUT2D eigenvalue weighted by Crippen LogP contribution is -2.41. The van der Waals surface area contributed by atoms with Crippen LogP contribution in [-0.2, 0) is 9.47 Å². The fourth-order valence-electron chi connectivity index (χ4n) is 4.36. The number of carbonyl (C=O) groups is 2. The van der Waals surface area contributed by atoms with Crippen molar-refractivity contribution in [3.63, 3.8) is 0 Å². The molecule has 0 spiro atoms. The maximum atomic E-state index is 14.1. The van der Waals surface area contributed by atoms with E-state index in [2.05, 4.69) is 4.99 Å². The van der Waals surface area contributed by atoms with Gasteiger partial charge in [0.15, 0.2) is 0 Å². The zero-order valence-electron chi connectivity index (χ0n) is 24.5. The summed E-state index contributed by atoms with van der Waals surface area (Å²) in [4.78, 5) is 34.5. The molecule has 0 aromatic heterocycles. The maximum absolute atomic E-state index is 14.1. The summed E-state index contributed by atoms with van der Waals surface area (Å²) >= 11 is 0. The third-order valence-corrected chi connectivity index (χ3v) is 5.98. The lowest BCUT2D eigenvalue weighted by atomic mass is 10.0. The van der Waals surface area contributed by atoms with Crippen LogP contribution in [0.2, 0.25) is 0 Å². The van der Waals surface area contributed by atoms with Crippen molar-refractivity contribution in [3.05, 3.63) is 107 Å². The van der Waals surface area contributed by atoms with Crippen LogP contribution in [0.15, 0.2) is 89.6 Å². The summed E-state index contributed by atoms with van der Waals surface area (Å²) in [6.07, 6.45) is 0.261. The lowest BCUT2D eigenvalue weighted by Gasteiger charge is -2.27. The van der Waals surface area contributed by atoms with E-state index < -0.39 is 35.2 Å². The van der Waals surface area contributed by atoms with Crippen molar-refractivity contribution in [1.82, 2.24) is 4.90 Å². The Morgan fingerprint density at radius 2 is 1.41 bits per heavy atom. The Balaban J connectivity index is 2.04. The van der Waals surface area contributed by atoms with Crippen LogP contribution < -0.4 is 4.90 Å². The topological polar surface area (TPSA) is 71.4 Å². The first-order chi connectivity index (χ1) is 19.2. The third-order valence-electron chi connectivity index (χ3n) is 5.98. The van der Waals surface area contributed by atoms with Crippen LogP contribution in [0.1, 0.15) is 64.3 Å². The van der Waals surface area contributed by atoms with E-state index in [1.807, 2.05) is 67.6 Å². The minimum Gasteiger partial charge on any atom is -0.443 e. The van der Waals surface area contributed by atoms with Crippen LogP contribution in [-0.4, -0.2) is 34.2 Å². The molecule has 0 N–H and O–H groups in total. The predicted molar refractivity (Wildman–Crippen MR) is 159 cm³/mol. The Bertz CT molecular complexity index is 1450. The van der Waals surface area contributed by atoms with Crippen LogP contribution in [0.5, 0.6) is 0 Å². The number of rotatable bonds is 3. The number of halogens is 1. The molecule has 1 fully saturated rings. The largest absolute Gasteiger partial charge is 0.443 e. The Morgan fingerprint density at radius 3 is 1.98 bits per heavy atom. The van der Waals surface area contributed by atoms with Gasteiger partial charge in [0, 0.05) is 5.69 Å². The second-order valence-electron chi connectivity index (χ2n) is 11.8. The molecular weight excluding hydrogens is 521 g/mol. The molecule has 2 amide bonds. The zero-order valence-corrected chi connectivity index (χ0v) is 24.5. The fourth-order valence-corrected chi connectivity index (χ4v) is 4.36. The van der Waals surface area contributed by atoms with Crippen molar-refractivity contribution in [2.24, 2.45) is 4.99 Å². The number of benzene rings is 3. The summed E-state index contributed by atoms with van der Waals surface area (Å²) in [6.45, 7) is 12.5. The van der Waals surface area contributed by atoms with Gasteiger partial charge in [0.1, 0.15) is 23.1 Å². The Hall–Kier alpha value is -4.46. The van der Waals surface area contributed by atoms with E-state index in [0.717, 1.165) is 11.1 Å². The Labute approximate surface area is 240 Å². The number of hydrogen-bond donors (Lipinski definition) is 0. The minimum absolute atomic E-state index is 0.00820. The number of guanidine groups is 1. The normalized spacial score (nSPS) is 17.7. The number of hydrogen-bond acceptors (Lipinski definition) is 4. The highest BCUT2D eigenvalue weighted by Gasteiger charge is 2.47. The smallest absolute Gasteiger partial charge is 0.437 e. The first kappa shape index (κ1) is 29.5. The van der Waals surface area contributed by atoms with E-state index in [1.165, 1.54) is 17.0 Å². The number of anilines is 1. The third kappa shape index (κ3) is 7.39. The van der Waals surface area contributed by atoms with Gasteiger partial charge in [-0.1, -0.05) is 60.2 Å². The SMILES string of the molecule is Cc1ccc(N2C(=NC(=O)OC(C)(C)C)N(C(=O)OC(C)(C)C)/C(=C\c3ccccc3)C2c2ccc(F)cc2)cc1. The molecule has 0 radical (unpaired) electrons. The van der Waals surface area contributed by atoms with Gasteiger partial charge < -0.3 is 9.47 Å². The number of aliphatic imine (C=N–C) groups is 1. The second kappa shape index (κ2) is 11.6. The molecule has 214 valence electrons. The van der Waals surface area contributed by atoms with Gasteiger partial charge in [-0.2, -0.15) is 0 Å². The summed E-state index contributed by atoms with van der Waals surface area (Å²) in [5, 5.41) is 0. The predicted octanol–water partition coefficient (Wildman–Crippen LogP) is 8.26. The van der Waals surface area contributed by atoms with Crippen molar-refractivity contribution in [1.29, 1.82) is 0 Å². The van der Waals surface area contributed by atoms with Crippen LogP contribution in [0.25, 0.3) is 6.08 Å². The molecule has 1 aliphatic rings. The van der Waals surface area contributed by atoms with Gasteiger partial charge in [-0.05, 0) is 89.9 Å². The Kier molecular flexibility index (Phi) is 8.33. The van der Waals surface area contributed by atoms with E-state index in [0.29, 0.717) is 16.9 Å². The number of amides is 2. The molecule has 3 aromatic rings. The molecule has 1 saturated heterocycles. The van der Waals surface area contributed by atoms with Crippen molar-refractivity contribution in [2.45, 2.75) is 65.7 Å². The first-order valence-corrected chi connectivity index (χ1v) is 13.4. The summed E-state index contributed by atoms with van der Waals surface area (Å²) < 4.78 is 25.5. The lowest BCUT2D eigenvalue weighted by molar-refractivity contribution is 0.0416. The van der Waals surface area contributed by atoms with Gasteiger partial charge in [-0.3, -0.25) is 4.90 Å². The van der Waals surface area contributed by atoms with Crippen LogP contribution in [0, 0.1) is 12.7 Å². The number of nitrogens with zero attached hydrogens (tertiary/aromatic N) is 3. The molecule has 0 bridgehead atoms. The van der Waals surface area contributed by atoms with E-state index in [4.69, 9.17) is 9.47 Å². The van der Waals surface area contributed by atoms with E-state index in [9.17, 15) is 14.0 Å². The number of aryl methyl sites for hydroxylation is 1. The summed E-state index contributed by atoms with van der Waals surface area (Å²) in [7, 11) is 0. The van der Waals surface area contributed by atoms with Crippen molar-refractivity contribution in [2.75, 3.05) is 4.90 Å². The molecule has 7 nitrogen and oxygen atoms in total. The molecule has 8 heteroatoms. The molecule has 3 aromatic carbocycles. The molecular formula is C33H36FN3O4. The molecule has 1 heterocycles. The van der Waals surface area contributed by atoms with E-state index in [1.54, 1.807) is 58.6 Å². The van der Waals surface area contributed by atoms with Crippen LogP contribution >= 0.6 is 0 Å². The molecule has 1 unspecified atom stereocenters. The number of carbonyl (C=O) groups excluding carboxylic acids is 2. The number of ether oxygens (including phenoxy) is 2. The highest BCUT2D eigenvalue weighted by molar-refractivity contribution is 6.13. The fraction of sp³-hybridized carbons (Fsp3) is 0.303. The molecule has 1 atom stereocenters.